The maximum Gasteiger partial charge on any atom is 0.292 e. The van der Waals surface area contributed by atoms with Gasteiger partial charge < -0.3 is 10.6 Å². The van der Waals surface area contributed by atoms with Crippen molar-refractivity contribution < 1.29 is 23.3 Å². The van der Waals surface area contributed by atoms with Crippen molar-refractivity contribution in [1.29, 1.82) is 0 Å². The van der Waals surface area contributed by atoms with E-state index in [0.29, 0.717) is 0 Å². The van der Waals surface area contributed by atoms with Gasteiger partial charge in [0.05, 0.1) is 17.5 Å². The fraction of sp³-hybridized carbons (Fsp3) is 0.263. The third kappa shape index (κ3) is 5.55. The van der Waals surface area contributed by atoms with Crippen molar-refractivity contribution in [3.05, 3.63) is 64.2 Å². The molecule has 2 amide bonds. The molecule has 0 bridgehead atoms. The molecule has 0 fully saturated rings. The van der Waals surface area contributed by atoms with Crippen molar-refractivity contribution in [3.63, 3.8) is 0 Å². The third-order valence-corrected chi connectivity index (χ3v) is 4.27. The molecular formula is C19H20F2N4O4. The summed E-state index contributed by atoms with van der Waals surface area (Å²) in [7, 11) is 0. The van der Waals surface area contributed by atoms with Crippen molar-refractivity contribution in [2.75, 3.05) is 23.7 Å². The summed E-state index contributed by atoms with van der Waals surface area (Å²) in [6, 6.07) is 8.03. The SMILES string of the molecule is CCN(CC(=O)Nc1c(F)cccc1F)C(C)C(=O)Nc1ccccc1[N+](=O)[O-]. The molecule has 10 heteroatoms. The normalized spacial score (nSPS) is 11.8. The lowest BCUT2D eigenvalue weighted by atomic mass is 10.2. The van der Waals surface area contributed by atoms with E-state index in [9.17, 15) is 28.5 Å². The minimum Gasteiger partial charge on any atom is -0.320 e. The second kappa shape index (κ2) is 9.69. The van der Waals surface area contributed by atoms with Crippen molar-refractivity contribution in [3.8, 4) is 0 Å². The molecule has 0 spiro atoms. The number of carbonyl (C=O) groups is 2. The van der Waals surface area contributed by atoms with Gasteiger partial charge in [0.25, 0.3) is 5.69 Å². The Balaban J connectivity index is 2.06. The first-order valence-corrected chi connectivity index (χ1v) is 8.76. The van der Waals surface area contributed by atoms with Crippen LogP contribution < -0.4 is 10.6 Å². The van der Waals surface area contributed by atoms with E-state index in [1.165, 1.54) is 36.1 Å². The van der Waals surface area contributed by atoms with E-state index in [0.717, 1.165) is 12.1 Å². The maximum atomic E-state index is 13.7. The summed E-state index contributed by atoms with van der Waals surface area (Å²) in [6.07, 6.45) is 0. The van der Waals surface area contributed by atoms with Crippen LogP contribution >= 0.6 is 0 Å². The van der Waals surface area contributed by atoms with Crippen LogP contribution in [0.4, 0.5) is 25.8 Å². The number of hydrogen-bond donors (Lipinski definition) is 2. The number of carbonyl (C=O) groups excluding carboxylic acids is 2. The number of rotatable bonds is 8. The molecule has 2 aromatic rings. The van der Waals surface area contributed by atoms with Gasteiger partial charge in [0.2, 0.25) is 11.8 Å². The quantitative estimate of drug-likeness (QED) is 0.518. The minimum absolute atomic E-state index is 0.0308. The lowest BCUT2D eigenvalue weighted by Crippen LogP contribution is -2.45. The van der Waals surface area contributed by atoms with E-state index in [4.69, 9.17) is 0 Å². The van der Waals surface area contributed by atoms with Gasteiger partial charge in [-0.25, -0.2) is 8.78 Å². The summed E-state index contributed by atoms with van der Waals surface area (Å²) in [5.41, 5.74) is -0.794. The molecule has 8 nitrogen and oxygen atoms in total. The Morgan fingerprint density at radius 3 is 2.31 bits per heavy atom. The van der Waals surface area contributed by atoms with Crippen LogP contribution in [-0.2, 0) is 9.59 Å². The number of nitro groups is 1. The predicted octanol–water partition coefficient (Wildman–Crippen LogP) is 3.16. The first kappa shape index (κ1) is 21.9. The maximum absolute atomic E-state index is 13.7. The number of amides is 2. The molecule has 0 heterocycles. The Labute approximate surface area is 165 Å². The highest BCUT2D eigenvalue weighted by atomic mass is 19.1. The monoisotopic (exact) mass is 406 g/mol. The molecular weight excluding hydrogens is 386 g/mol. The lowest BCUT2D eigenvalue weighted by Gasteiger charge is -2.26. The van der Waals surface area contributed by atoms with E-state index < -0.39 is 40.1 Å². The number of benzene rings is 2. The van der Waals surface area contributed by atoms with Crippen LogP contribution in [-0.4, -0.2) is 40.8 Å². The van der Waals surface area contributed by atoms with Crippen LogP contribution in [0.2, 0.25) is 0 Å². The summed E-state index contributed by atoms with van der Waals surface area (Å²) in [5.74, 6) is -3.10. The number of para-hydroxylation sites is 3. The molecule has 0 saturated carbocycles. The van der Waals surface area contributed by atoms with Gasteiger partial charge in [0.15, 0.2) is 0 Å². The number of anilines is 2. The molecule has 0 radical (unpaired) electrons. The Hall–Kier alpha value is -3.40. The number of nitrogens with zero attached hydrogens (tertiary/aromatic N) is 2. The van der Waals surface area contributed by atoms with Crippen LogP contribution in [0.25, 0.3) is 0 Å². The van der Waals surface area contributed by atoms with Crippen LogP contribution in [0, 0.1) is 21.7 Å². The van der Waals surface area contributed by atoms with Crippen molar-refractivity contribution in [2.24, 2.45) is 0 Å². The average molecular weight is 406 g/mol. The van der Waals surface area contributed by atoms with Gasteiger partial charge >= 0.3 is 0 Å². The molecule has 154 valence electrons. The van der Waals surface area contributed by atoms with Crippen molar-refractivity contribution >= 4 is 28.9 Å². The first-order chi connectivity index (χ1) is 13.7. The largest absolute Gasteiger partial charge is 0.320 e. The highest BCUT2D eigenvalue weighted by molar-refractivity contribution is 5.97. The number of nitrogens with one attached hydrogen (secondary N) is 2. The lowest BCUT2D eigenvalue weighted by molar-refractivity contribution is -0.383. The van der Waals surface area contributed by atoms with Gasteiger partial charge in [0.1, 0.15) is 23.0 Å². The van der Waals surface area contributed by atoms with Crippen LogP contribution in [0.15, 0.2) is 42.5 Å². The molecule has 0 aliphatic rings. The van der Waals surface area contributed by atoms with E-state index in [-0.39, 0.29) is 24.5 Å². The highest BCUT2D eigenvalue weighted by Gasteiger charge is 2.25. The molecule has 0 aliphatic heterocycles. The number of nitro benzene ring substituents is 1. The molecule has 2 aromatic carbocycles. The molecule has 0 aromatic heterocycles. The number of likely N-dealkylation sites (N-methyl/N-ethyl adjacent to an activating group) is 1. The molecule has 1 unspecified atom stereocenters. The fourth-order valence-corrected chi connectivity index (χ4v) is 2.64. The van der Waals surface area contributed by atoms with E-state index in [2.05, 4.69) is 10.6 Å². The Morgan fingerprint density at radius 2 is 1.72 bits per heavy atom. The third-order valence-electron chi connectivity index (χ3n) is 4.27. The summed E-state index contributed by atoms with van der Waals surface area (Å²) in [6.45, 7) is 3.19. The summed E-state index contributed by atoms with van der Waals surface area (Å²) < 4.78 is 27.3. The molecule has 29 heavy (non-hydrogen) atoms. The van der Waals surface area contributed by atoms with Gasteiger partial charge in [-0.05, 0) is 31.7 Å². The molecule has 2 N–H and O–H groups in total. The van der Waals surface area contributed by atoms with Crippen molar-refractivity contribution in [1.82, 2.24) is 4.90 Å². The zero-order valence-electron chi connectivity index (χ0n) is 15.8. The van der Waals surface area contributed by atoms with E-state index >= 15 is 0 Å². The molecule has 0 aliphatic carbocycles. The molecule has 1 atom stereocenters. The topological polar surface area (TPSA) is 105 Å². The zero-order chi connectivity index (χ0) is 21.6. The Bertz CT molecular complexity index is 903. The number of hydrogen-bond acceptors (Lipinski definition) is 5. The summed E-state index contributed by atoms with van der Waals surface area (Å²) in [5, 5.41) is 15.7. The Morgan fingerprint density at radius 1 is 1.10 bits per heavy atom. The smallest absolute Gasteiger partial charge is 0.292 e. The standard InChI is InChI=1S/C19H20F2N4O4/c1-3-24(11-17(26)23-18-13(20)7-6-8-14(18)21)12(2)19(27)22-15-9-4-5-10-16(15)25(28)29/h4-10,12H,3,11H2,1-2H3,(H,22,27)(H,23,26). The zero-order valence-corrected chi connectivity index (χ0v) is 15.8. The summed E-state index contributed by atoms with van der Waals surface area (Å²) >= 11 is 0. The van der Waals surface area contributed by atoms with Gasteiger partial charge in [-0.3, -0.25) is 24.6 Å². The summed E-state index contributed by atoms with van der Waals surface area (Å²) in [4.78, 5) is 36.6. The highest BCUT2D eigenvalue weighted by Crippen LogP contribution is 2.23. The number of halogens is 2. The van der Waals surface area contributed by atoms with Gasteiger partial charge in [-0.1, -0.05) is 25.1 Å². The second-order valence-corrected chi connectivity index (χ2v) is 6.15. The van der Waals surface area contributed by atoms with Gasteiger partial charge in [-0.15, -0.1) is 0 Å². The Kier molecular flexibility index (Phi) is 7.32. The molecule has 0 saturated heterocycles. The van der Waals surface area contributed by atoms with Gasteiger partial charge in [-0.2, -0.15) is 0 Å². The van der Waals surface area contributed by atoms with Crippen LogP contribution in [0.3, 0.4) is 0 Å². The fourth-order valence-electron chi connectivity index (χ4n) is 2.64. The van der Waals surface area contributed by atoms with Crippen molar-refractivity contribution in [2.45, 2.75) is 19.9 Å². The predicted molar refractivity (Wildman–Crippen MR) is 103 cm³/mol. The van der Waals surface area contributed by atoms with Crippen LogP contribution in [0.1, 0.15) is 13.8 Å². The second-order valence-electron chi connectivity index (χ2n) is 6.15. The minimum atomic E-state index is -0.913. The molecule has 2 rings (SSSR count). The van der Waals surface area contributed by atoms with E-state index in [1.54, 1.807) is 13.0 Å². The van der Waals surface area contributed by atoms with Gasteiger partial charge in [0, 0.05) is 6.07 Å². The van der Waals surface area contributed by atoms with E-state index in [1.807, 2.05) is 0 Å². The average Bonchev–Trinajstić information content (AvgIpc) is 2.68. The van der Waals surface area contributed by atoms with Crippen LogP contribution in [0.5, 0.6) is 0 Å². The first-order valence-electron chi connectivity index (χ1n) is 8.76.